The van der Waals surface area contributed by atoms with E-state index in [9.17, 15) is 13.2 Å². The number of hydrogen-bond donors (Lipinski definition) is 1. The number of nitrogens with one attached hydrogen (secondary N) is 1. The van der Waals surface area contributed by atoms with Gasteiger partial charge in [0.25, 0.3) is 0 Å². The van der Waals surface area contributed by atoms with Crippen LogP contribution in [-0.2, 0) is 12.5 Å². The Labute approximate surface area is 163 Å². The van der Waals surface area contributed by atoms with E-state index in [4.69, 9.17) is 11.0 Å². The van der Waals surface area contributed by atoms with Crippen LogP contribution in [0.25, 0.3) is 10.8 Å². The number of rotatable bonds is 6. The summed E-state index contributed by atoms with van der Waals surface area (Å²) in [6.07, 6.45) is -9.14. The quantitative estimate of drug-likeness (QED) is 0.553. The SMILES string of the molecule is [2H]c1c([2H])c(C(F)(F)F)c([2H])c(C([2H])([2H])CC([2H])([2H])N[C@H](C)c2cccc3ccccc23)c1[2H]. The van der Waals surface area contributed by atoms with Crippen LogP contribution in [0.5, 0.6) is 0 Å². The molecule has 0 aliphatic heterocycles. The summed E-state index contributed by atoms with van der Waals surface area (Å²) >= 11 is 0. The number of hydrogen-bond acceptors (Lipinski definition) is 1. The molecule has 0 radical (unpaired) electrons. The highest BCUT2D eigenvalue weighted by molar-refractivity contribution is 5.86. The fourth-order valence-electron chi connectivity index (χ4n) is 2.62. The summed E-state index contributed by atoms with van der Waals surface area (Å²) in [5.74, 6) is 0. The Morgan fingerprint density at radius 1 is 1.12 bits per heavy atom. The molecule has 1 nitrogen and oxygen atoms in total. The lowest BCUT2D eigenvalue weighted by Crippen LogP contribution is -2.20. The molecular weight excluding hydrogens is 335 g/mol. The molecule has 0 spiro atoms. The smallest absolute Gasteiger partial charge is 0.310 e. The predicted octanol–water partition coefficient (Wildman–Crippen LogP) is 6.14. The Hall–Kier alpha value is -2.33. The second kappa shape index (κ2) is 7.92. The number of alkyl halides is 3. The second-order valence-corrected chi connectivity index (χ2v) is 5.71. The maximum atomic E-state index is 13.4. The molecule has 26 heavy (non-hydrogen) atoms. The lowest BCUT2D eigenvalue weighted by Gasteiger charge is -2.17. The number of halogens is 3. The highest BCUT2D eigenvalue weighted by Crippen LogP contribution is 2.29. The molecule has 0 amide bonds. The highest BCUT2D eigenvalue weighted by Gasteiger charge is 2.30. The summed E-state index contributed by atoms with van der Waals surface area (Å²) in [4.78, 5) is 0. The van der Waals surface area contributed by atoms with Gasteiger partial charge in [-0.2, -0.15) is 13.2 Å². The maximum absolute atomic E-state index is 13.4. The van der Waals surface area contributed by atoms with E-state index < -0.39 is 66.8 Å². The van der Waals surface area contributed by atoms with E-state index in [1.165, 1.54) is 0 Å². The maximum Gasteiger partial charge on any atom is 0.416 e. The Balaban J connectivity index is 1.97. The van der Waals surface area contributed by atoms with Crippen molar-refractivity contribution in [2.75, 3.05) is 6.50 Å². The largest absolute Gasteiger partial charge is 0.416 e. The second-order valence-electron chi connectivity index (χ2n) is 5.71. The topological polar surface area (TPSA) is 12.0 Å². The molecule has 0 saturated carbocycles. The van der Waals surface area contributed by atoms with Gasteiger partial charge in [0.05, 0.1) is 11.0 Å². The van der Waals surface area contributed by atoms with Gasteiger partial charge in [0.1, 0.15) is 0 Å². The van der Waals surface area contributed by atoms with Gasteiger partial charge >= 0.3 is 6.18 Å². The molecule has 4 heteroatoms. The number of fused-ring (bicyclic) bond motifs is 1. The van der Waals surface area contributed by atoms with Crippen molar-refractivity contribution in [3.63, 3.8) is 0 Å². The standard InChI is InChI=1S/C22H22F3N/c1-16(20-13-5-10-18-9-2-3-12-21(18)20)26-14-6-8-17-7-4-11-19(15-17)22(23,24)25/h2-5,7,9-13,15-16,26H,6,8,14H2,1H3/t16-/m1/s1/i4D,7D,8D2,11D,14D2,15D. The molecule has 0 aliphatic carbocycles. The van der Waals surface area contributed by atoms with Crippen molar-refractivity contribution < 1.29 is 24.1 Å². The first-order chi connectivity index (χ1) is 15.6. The summed E-state index contributed by atoms with van der Waals surface area (Å²) in [6.45, 7) is -0.793. The van der Waals surface area contributed by atoms with Crippen molar-refractivity contribution in [2.24, 2.45) is 0 Å². The molecule has 3 rings (SSSR count). The molecule has 1 atom stereocenters. The first-order valence-corrected chi connectivity index (χ1v) is 8.00. The van der Waals surface area contributed by atoms with Crippen molar-refractivity contribution in [3.05, 3.63) is 83.3 Å². The van der Waals surface area contributed by atoms with E-state index in [2.05, 4.69) is 5.32 Å². The zero-order valence-corrected chi connectivity index (χ0v) is 14.0. The van der Waals surface area contributed by atoms with Crippen molar-refractivity contribution >= 4 is 10.8 Å². The molecule has 0 unspecified atom stereocenters. The van der Waals surface area contributed by atoms with Crippen LogP contribution < -0.4 is 5.32 Å². The van der Waals surface area contributed by atoms with Crippen LogP contribution in [0.4, 0.5) is 13.2 Å². The fourth-order valence-corrected chi connectivity index (χ4v) is 2.62. The van der Waals surface area contributed by atoms with Crippen molar-refractivity contribution in [2.45, 2.75) is 31.9 Å². The average molecular weight is 365 g/mol. The molecule has 0 saturated heterocycles. The number of benzene rings is 3. The fraction of sp³-hybridized carbons (Fsp3) is 0.273. The van der Waals surface area contributed by atoms with Crippen molar-refractivity contribution in [3.8, 4) is 0 Å². The molecule has 1 N–H and O–H groups in total. The molecule has 0 aromatic heterocycles. The van der Waals surface area contributed by atoms with Crippen LogP contribution in [0.1, 0.15) is 47.0 Å². The minimum absolute atomic E-state index is 0.615. The highest BCUT2D eigenvalue weighted by atomic mass is 19.4. The van der Waals surface area contributed by atoms with E-state index in [0.29, 0.717) is 0 Å². The first-order valence-electron chi connectivity index (χ1n) is 12.0. The molecule has 3 aromatic rings. The third kappa shape index (κ3) is 4.44. The zero-order valence-electron chi connectivity index (χ0n) is 22.0. The predicted molar refractivity (Wildman–Crippen MR) is 100 cm³/mol. The molecule has 3 aromatic carbocycles. The Kier molecular flexibility index (Phi) is 3.27. The summed E-state index contributed by atoms with van der Waals surface area (Å²) in [5, 5.41) is 4.43. The van der Waals surface area contributed by atoms with Crippen LogP contribution in [-0.4, -0.2) is 6.50 Å². The average Bonchev–Trinajstić information content (AvgIpc) is 2.69. The van der Waals surface area contributed by atoms with Gasteiger partial charge in [-0.15, -0.1) is 0 Å². The van der Waals surface area contributed by atoms with Crippen molar-refractivity contribution in [1.82, 2.24) is 5.32 Å². The molecular formula is C22H22F3N. The normalized spacial score (nSPS) is 18.6. The van der Waals surface area contributed by atoms with Crippen LogP contribution in [0.3, 0.4) is 0 Å². The molecule has 0 aliphatic rings. The molecule has 0 heterocycles. The monoisotopic (exact) mass is 365 g/mol. The first kappa shape index (κ1) is 10.7. The minimum Gasteiger partial charge on any atom is -0.310 e. The summed E-state index contributed by atoms with van der Waals surface area (Å²) in [5.41, 5.74) is -2.15. The van der Waals surface area contributed by atoms with E-state index in [-0.39, 0.29) is 0 Å². The van der Waals surface area contributed by atoms with Crippen LogP contribution in [0.15, 0.2) is 66.6 Å². The van der Waals surface area contributed by atoms with Gasteiger partial charge in [0.2, 0.25) is 0 Å². The zero-order chi connectivity index (χ0) is 25.6. The lowest BCUT2D eigenvalue weighted by molar-refractivity contribution is -0.137. The van der Waals surface area contributed by atoms with Crippen LogP contribution in [0.2, 0.25) is 0 Å². The van der Waals surface area contributed by atoms with E-state index in [1.54, 1.807) is 19.1 Å². The molecule has 0 bridgehead atoms. The third-order valence-electron chi connectivity index (χ3n) is 3.87. The van der Waals surface area contributed by atoms with Gasteiger partial charge in [-0.25, -0.2) is 0 Å². The third-order valence-corrected chi connectivity index (χ3v) is 3.87. The Bertz CT molecular complexity index is 1220. The van der Waals surface area contributed by atoms with Crippen LogP contribution >= 0.6 is 0 Å². The molecule has 136 valence electrons. The van der Waals surface area contributed by atoms with Gasteiger partial charge in [-0.05, 0) is 54.2 Å². The van der Waals surface area contributed by atoms with E-state index in [0.717, 1.165) is 16.3 Å². The van der Waals surface area contributed by atoms with Crippen molar-refractivity contribution in [1.29, 1.82) is 0 Å². The summed E-state index contributed by atoms with van der Waals surface area (Å²) in [6, 6.07) is 7.25. The lowest BCUT2D eigenvalue weighted by atomic mass is 9.99. The van der Waals surface area contributed by atoms with Gasteiger partial charge in [0.15, 0.2) is 0 Å². The van der Waals surface area contributed by atoms with Crippen LogP contribution in [0, 0.1) is 0 Å². The van der Waals surface area contributed by atoms with Gasteiger partial charge in [0, 0.05) is 11.5 Å². The van der Waals surface area contributed by atoms with Gasteiger partial charge in [-0.3, -0.25) is 0 Å². The van der Waals surface area contributed by atoms with Gasteiger partial charge in [-0.1, -0.05) is 60.6 Å². The Morgan fingerprint density at radius 2 is 1.88 bits per heavy atom. The van der Waals surface area contributed by atoms with Gasteiger partial charge < -0.3 is 5.32 Å². The van der Waals surface area contributed by atoms with E-state index >= 15 is 0 Å². The minimum atomic E-state index is -5.21. The summed E-state index contributed by atoms with van der Waals surface area (Å²) < 4.78 is 104. The molecule has 0 fully saturated rings. The summed E-state index contributed by atoms with van der Waals surface area (Å²) in [7, 11) is 0. The Morgan fingerprint density at radius 3 is 2.69 bits per heavy atom. The van der Waals surface area contributed by atoms with E-state index in [1.807, 2.05) is 30.3 Å².